The third kappa shape index (κ3) is 3.27. The van der Waals surface area contributed by atoms with Crippen LogP contribution in [0.25, 0.3) is 22.6 Å². The molecule has 0 saturated carbocycles. The van der Waals surface area contributed by atoms with E-state index in [4.69, 9.17) is 13.7 Å². The van der Waals surface area contributed by atoms with E-state index >= 15 is 0 Å². The van der Waals surface area contributed by atoms with Gasteiger partial charge in [-0.2, -0.15) is 0 Å². The summed E-state index contributed by atoms with van der Waals surface area (Å²) in [6, 6.07) is 14.2. The lowest BCUT2D eigenvalue weighted by Crippen LogP contribution is -2.41. The first kappa shape index (κ1) is 19.2. The summed E-state index contributed by atoms with van der Waals surface area (Å²) in [7, 11) is -0.421. The van der Waals surface area contributed by atoms with Crippen LogP contribution in [-0.4, -0.2) is 23.3 Å². The molecule has 5 heteroatoms. The SMILES string of the molecule is CC(C)(C)c1cc(B2OC(C)(C)C(C)(C)O2)cc(-c2nc3ccccc3o2)c1. The first-order chi connectivity index (χ1) is 13.0. The Morgan fingerprint density at radius 1 is 0.893 bits per heavy atom. The predicted molar refractivity (Wildman–Crippen MR) is 114 cm³/mol. The summed E-state index contributed by atoms with van der Waals surface area (Å²) in [6.45, 7) is 14.9. The maximum atomic E-state index is 6.29. The van der Waals surface area contributed by atoms with Crippen LogP contribution in [0.1, 0.15) is 54.0 Å². The normalized spacial score (nSPS) is 18.8. The molecule has 1 aliphatic heterocycles. The average Bonchev–Trinajstić information content (AvgIpc) is 3.12. The summed E-state index contributed by atoms with van der Waals surface area (Å²) < 4.78 is 18.6. The number of aromatic nitrogens is 1. The molecule has 2 aromatic carbocycles. The van der Waals surface area contributed by atoms with E-state index in [1.165, 1.54) is 5.56 Å². The van der Waals surface area contributed by atoms with Crippen LogP contribution in [0.5, 0.6) is 0 Å². The molecule has 1 aliphatic rings. The number of nitrogens with zero attached hydrogens (tertiary/aromatic N) is 1. The highest BCUT2D eigenvalue weighted by Crippen LogP contribution is 2.37. The van der Waals surface area contributed by atoms with Gasteiger partial charge < -0.3 is 13.7 Å². The van der Waals surface area contributed by atoms with Crippen molar-refractivity contribution >= 4 is 23.7 Å². The number of hydrogen-bond donors (Lipinski definition) is 0. The highest BCUT2D eigenvalue weighted by molar-refractivity contribution is 6.62. The smallest absolute Gasteiger partial charge is 0.436 e. The van der Waals surface area contributed by atoms with E-state index in [2.05, 4.69) is 71.6 Å². The zero-order valence-electron chi connectivity index (χ0n) is 17.8. The first-order valence-corrected chi connectivity index (χ1v) is 9.83. The van der Waals surface area contributed by atoms with Crippen LogP contribution >= 0.6 is 0 Å². The summed E-state index contributed by atoms with van der Waals surface area (Å²) in [5, 5.41) is 0. The van der Waals surface area contributed by atoms with Crippen molar-refractivity contribution in [1.82, 2.24) is 4.98 Å². The van der Waals surface area contributed by atoms with Crippen molar-refractivity contribution in [2.75, 3.05) is 0 Å². The minimum absolute atomic E-state index is 0.0274. The lowest BCUT2D eigenvalue weighted by Gasteiger charge is -2.32. The summed E-state index contributed by atoms with van der Waals surface area (Å²) in [6.07, 6.45) is 0. The van der Waals surface area contributed by atoms with E-state index in [1.807, 2.05) is 24.3 Å². The third-order valence-electron chi connectivity index (χ3n) is 5.89. The second-order valence-corrected chi connectivity index (χ2v) is 9.67. The Morgan fingerprint density at radius 2 is 1.54 bits per heavy atom. The van der Waals surface area contributed by atoms with Gasteiger partial charge in [0.25, 0.3) is 0 Å². The Hall–Kier alpha value is -2.11. The molecule has 28 heavy (non-hydrogen) atoms. The molecule has 4 rings (SSSR count). The monoisotopic (exact) mass is 377 g/mol. The largest absolute Gasteiger partial charge is 0.494 e. The number of rotatable bonds is 2. The van der Waals surface area contributed by atoms with E-state index in [-0.39, 0.29) is 16.6 Å². The van der Waals surface area contributed by atoms with Crippen molar-refractivity contribution in [3.63, 3.8) is 0 Å². The molecule has 0 radical (unpaired) electrons. The van der Waals surface area contributed by atoms with Crippen molar-refractivity contribution in [2.24, 2.45) is 0 Å². The fourth-order valence-electron chi connectivity index (χ4n) is 3.32. The standard InChI is InChI=1S/C23H28BNO3/c1-21(2,3)16-12-15(20-25-18-10-8-9-11-19(18)26-20)13-17(14-16)24-27-22(4,5)23(6,7)28-24/h8-14H,1-7H3. The lowest BCUT2D eigenvalue weighted by molar-refractivity contribution is 0.00578. The number of fused-ring (bicyclic) bond motifs is 1. The van der Waals surface area contributed by atoms with Gasteiger partial charge in [-0.3, -0.25) is 0 Å². The molecular weight excluding hydrogens is 349 g/mol. The molecule has 0 bridgehead atoms. The Labute approximate surface area is 167 Å². The molecule has 0 aliphatic carbocycles. The molecular formula is C23H28BNO3. The minimum Gasteiger partial charge on any atom is -0.436 e. The van der Waals surface area contributed by atoms with E-state index in [1.54, 1.807) is 0 Å². The van der Waals surface area contributed by atoms with Gasteiger partial charge in [-0.25, -0.2) is 4.98 Å². The molecule has 4 nitrogen and oxygen atoms in total. The quantitative estimate of drug-likeness (QED) is 0.584. The Morgan fingerprint density at radius 3 is 2.14 bits per heavy atom. The average molecular weight is 377 g/mol. The second kappa shape index (κ2) is 6.20. The lowest BCUT2D eigenvalue weighted by atomic mass is 9.74. The first-order valence-electron chi connectivity index (χ1n) is 9.83. The predicted octanol–water partition coefficient (Wildman–Crippen LogP) is 5.09. The Bertz CT molecular complexity index is 981. The molecule has 0 spiro atoms. The minimum atomic E-state index is -0.421. The van der Waals surface area contributed by atoms with Gasteiger partial charge in [-0.1, -0.05) is 39.0 Å². The van der Waals surface area contributed by atoms with Crippen molar-refractivity contribution < 1.29 is 13.7 Å². The van der Waals surface area contributed by atoms with Gasteiger partial charge in [-0.15, -0.1) is 0 Å². The summed E-state index contributed by atoms with van der Waals surface area (Å²) >= 11 is 0. The topological polar surface area (TPSA) is 44.5 Å². The van der Waals surface area contributed by atoms with Gasteiger partial charge in [0.2, 0.25) is 5.89 Å². The third-order valence-corrected chi connectivity index (χ3v) is 5.89. The zero-order valence-corrected chi connectivity index (χ0v) is 17.8. The van der Waals surface area contributed by atoms with Gasteiger partial charge in [0.05, 0.1) is 11.2 Å². The van der Waals surface area contributed by atoms with Crippen molar-refractivity contribution in [2.45, 2.75) is 65.1 Å². The van der Waals surface area contributed by atoms with E-state index in [0.717, 1.165) is 22.1 Å². The van der Waals surface area contributed by atoms with Crippen molar-refractivity contribution in [3.05, 3.63) is 48.0 Å². The molecule has 0 atom stereocenters. The van der Waals surface area contributed by atoms with Gasteiger partial charge in [0.15, 0.2) is 5.58 Å². The molecule has 0 amide bonds. The zero-order chi connectivity index (χ0) is 20.3. The molecule has 1 aromatic heterocycles. The van der Waals surface area contributed by atoms with E-state index in [9.17, 15) is 0 Å². The van der Waals surface area contributed by atoms with Crippen LogP contribution in [0.2, 0.25) is 0 Å². The molecule has 0 N–H and O–H groups in total. The highest BCUT2D eigenvalue weighted by atomic mass is 16.7. The number of oxazole rings is 1. The van der Waals surface area contributed by atoms with Crippen molar-refractivity contribution in [3.8, 4) is 11.5 Å². The van der Waals surface area contributed by atoms with Crippen LogP contribution in [0.15, 0.2) is 46.9 Å². The Kier molecular flexibility index (Phi) is 4.25. The number of benzene rings is 2. The maximum Gasteiger partial charge on any atom is 0.494 e. The molecule has 3 aromatic rings. The fourth-order valence-corrected chi connectivity index (χ4v) is 3.32. The highest BCUT2D eigenvalue weighted by Gasteiger charge is 2.51. The van der Waals surface area contributed by atoms with E-state index < -0.39 is 7.12 Å². The Balaban J connectivity index is 1.83. The molecule has 0 unspecified atom stereocenters. The maximum absolute atomic E-state index is 6.29. The molecule has 1 fully saturated rings. The van der Waals surface area contributed by atoms with Crippen LogP contribution in [-0.2, 0) is 14.7 Å². The van der Waals surface area contributed by atoms with Gasteiger partial charge in [-0.05, 0) is 68.4 Å². The van der Waals surface area contributed by atoms with E-state index in [0.29, 0.717) is 5.89 Å². The molecule has 146 valence electrons. The van der Waals surface area contributed by atoms with Gasteiger partial charge in [0, 0.05) is 5.56 Å². The second-order valence-electron chi connectivity index (χ2n) is 9.67. The summed E-state index contributed by atoms with van der Waals surface area (Å²) in [5.41, 5.74) is 3.97. The summed E-state index contributed by atoms with van der Waals surface area (Å²) in [4.78, 5) is 4.68. The van der Waals surface area contributed by atoms with Crippen LogP contribution in [0.4, 0.5) is 0 Å². The summed E-state index contributed by atoms with van der Waals surface area (Å²) in [5.74, 6) is 0.616. The van der Waals surface area contributed by atoms with Crippen molar-refractivity contribution in [1.29, 1.82) is 0 Å². The van der Waals surface area contributed by atoms with Crippen LogP contribution in [0.3, 0.4) is 0 Å². The van der Waals surface area contributed by atoms with Gasteiger partial charge in [0.1, 0.15) is 5.52 Å². The molecule has 2 heterocycles. The van der Waals surface area contributed by atoms with Gasteiger partial charge >= 0.3 is 7.12 Å². The number of hydrogen-bond acceptors (Lipinski definition) is 4. The van der Waals surface area contributed by atoms with Crippen LogP contribution < -0.4 is 5.46 Å². The van der Waals surface area contributed by atoms with Crippen LogP contribution in [0, 0.1) is 0 Å². The number of para-hydroxylation sites is 2. The molecule has 1 saturated heterocycles. The fraction of sp³-hybridized carbons (Fsp3) is 0.435.